The Kier molecular flexibility index (Phi) is 4.19. The van der Waals surface area contributed by atoms with Crippen LogP contribution in [0, 0.1) is 26.2 Å². The number of terminal acetylenes is 1. The number of hydrogen-bond acceptors (Lipinski definition) is 3. The Morgan fingerprint density at radius 2 is 2.06 bits per heavy atom. The molecule has 0 aliphatic heterocycles. The number of hydrogen-bond donors (Lipinski definition) is 1. The van der Waals surface area contributed by atoms with Crippen LogP contribution in [0.2, 0.25) is 0 Å². The molecule has 1 unspecified atom stereocenters. The van der Waals surface area contributed by atoms with Gasteiger partial charge in [0.1, 0.15) is 0 Å². The fraction of sp³-hybridized carbons (Fsp3) is 0.333. The Bertz CT molecular complexity index is 586. The first-order valence-corrected chi connectivity index (χ1v) is 7.53. The third kappa shape index (κ3) is 3.00. The molecule has 0 fully saturated rings. The lowest BCUT2D eigenvalue weighted by Crippen LogP contribution is -2.14. The molecule has 1 aromatic rings. The van der Waals surface area contributed by atoms with Crippen molar-refractivity contribution in [1.29, 1.82) is 0 Å². The van der Waals surface area contributed by atoms with Gasteiger partial charge in [-0.1, -0.05) is 5.92 Å². The second-order valence-electron chi connectivity index (χ2n) is 3.94. The van der Waals surface area contributed by atoms with Crippen LogP contribution >= 0.6 is 9.24 Å². The van der Waals surface area contributed by atoms with Gasteiger partial charge in [0.2, 0.25) is 0 Å². The first kappa shape index (κ1) is 14.0. The number of nitrogens with one attached hydrogen (secondary N) is 1. The Labute approximate surface area is 105 Å². The van der Waals surface area contributed by atoms with Crippen LogP contribution in [-0.2, 0) is 9.84 Å². The molecule has 0 saturated heterocycles. The average Bonchev–Trinajstić information content (AvgIpc) is 2.19. The molecule has 0 spiro atoms. The van der Waals surface area contributed by atoms with Crippen molar-refractivity contribution >= 4 is 30.1 Å². The second-order valence-corrected chi connectivity index (χ2v) is 6.52. The second kappa shape index (κ2) is 5.08. The highest BCUT2D eigenvalue weighted by molar-refractivity contribution is 7.91. The Morgan fingerprint density at radius 1 is 1.47 bits per heavy atom. The zero-order valence-corrected chi connectivity index (χ0v) is 12.1. The maximum atomic E-state index is 11.8. The number of aryl methyl sites for hydroxylation is 1. The van der Waals surface area contributed by atoms with E-state index in [0.29, 0.717) is 17.1 Å². The molecule has 0 heterocycles. The molecule has 0 radical (unpaired) electrons. The van der Waals surface area contributed by atoms with Gasteiger partial charge in [0.25, 0.3) is 0 Å². The van der Waals surface area contributed by atoms with Crippen molar-refractivity contribution in [2.24, 2.45) is 0 Å². The van der Waals surface area contributed by atoms with Gasteiger partial charge in [0.05, 0.1) is 17.1 Å². The van der Waals surface area contributed by atoms with E-state index in [1.54, 1.807) is 6.92 Å². The summed E-state index contributed by atoms with van der Waals surface area (Å²) >= 11 is 0. The van der Waals surface area contributed by atoms with Gasteiger partial charge in [-0.15, -0.1) is 15.7 Å². The molecule has 0 amide bonds. The maximum Gasteiger partial charge on any atom is 0.177 e. The van der Waals surface area contributed by atoms with Crippen molar-refractivity contribution in [2.45, 2.75) is 18.7 Å². The summed E-state index contributed by atoms with van der Waals surface area (Å²) < 4.78 is 23.7. The first-order valence-electron chi connectivity index (χ1n) is 5.06. The molecule has 0 aliphatic carbocycles. The van der Waals surface area contributed by atoms with Gasteiger partial charge in [0.15, 0.2) is 9.84 Å². The third-order valence-corrected chi connectivity index (χ3v) is 4.36. The van der Waals surface area contributed by atoms with Crippen LogP contribution < -0.4 is 10.6 Å². The van der Waals surface area contributed by atoms with Crippen molar-refractivity contribution in [3.05, 3.63) is 17.2 Å². The minimum absolute atomic E-state index is 0.305. The van der Waals surface area contributed by atoms with Gasteiger partial charge in [-0.25, -0.2) is 8.42 Å². The minimum atomic E-state index is -3.28. The van der Waals surface area contributed by atoms with Gasteiger partial charge in [0, 0.05) is 6.26 Å². The van der Waals surface area contributed by atoms with E-state index < -0.39 is 9.84 Å². The largest absolute Gasteiger partial charge is 0.373 e. The molecule has 1 N–H and O–H groups in total. The van der Waals surface area contributed by atoms with E-state index in [4.69, 9.17) is 6.42 Å². The quantitative estimate of drug-likeness (QED) is 0.663. The molecule has 92 valence electrons. The summed E-state index contributed by atoms with van der Waals surface area (Å²) in [4.78, 5) is 0.331. The normalized spacial score (nSPS) is 11.0. The minimum Gasteiger partial charge on any atom is -0.373 e. The fourth-order valence-corrected chi connectivity index (χ4v) is 3.51. The summed E-state index contributed by atoms with van der Waals surface area (Å²) in [5.74, 6) is 2.45. The van der Waals surface area contributed by atoms with Crippen LogP contribution in [0.3, 0.4) is 0 Å². The van der Waals surface area contributed by atoms with E-state index >= 15 is 0 Å². The van der Waals surface area contributed by atoms with Crippen molar-refractivity contribution in [3.63, 3.8) is 0 Å². The zero-order chi connectivity index (χ0) is 13.2. The molecule has 1 atom stereocenters. The molecule has 0 saturated carbocycles. The van der Waals surface area contributed by atoms with Gasteiger partial charge >= 0.3 is 0 Å². The number of sulfone groups is 1. The predicted molar refractivity (Wildman–Crippen MR) is 75.7 cm³/mol. The molecular weight excluding hydrogens is 253 g/mol. The highest BCUT2D eigenvalue weighted by Gasteiger charge is 2.19. The molecule has 3 nitrogen and oxygen atoms in total. The smallest absolute Gasteiger partial charge is 0.177 e. The Balaban J connectivity index is 3.58. The number of rotatable bonds is 3. The van der Waals surface area contributed by atoms with Crippen molar-refractivity contribution < 1.29 is 8.42 Å². The maximum absolute atomic E-state index is 11.8. The molecular formula is C12H16NO2PS. The van der Waals surface area contributed by atoms with E-state index in [9.17, 15) is 8.42 Å². The summed E-state index contributed by atoms with van der Waals surface area (Å²) in [7, 11) is -0.733. The SMILES string of the molecule is C#CCNc1c(C)cc(P)c(C)c1S(C)(=O)=O. The van der Waals surface area contributed by atoms with Crippen molar-refractivity contribution in [1.82, 2.24) is 0 Å². The van der Waals surface area contributed by atoms with E-state index in [1.807, 2.05) is 13.0 Å². The number of anilines is 1. The summed E-state index contributed by atoms with van der Waals surface area (Å²) in [5, 5.41) is 3.86. The van der Waals surface area contributed by atoms with Gasteiger partial charge in [-0.05, 0) is 36.3 Å². The lowest BCUT2D eigenvalue weighted by atomic mass is 10.1. The van der Waals surface area contributed by atoms with E-state index in [-0.39, 0.29) is 0 Å². The van der Waals surface area contributed by atoms with Crippen LogP contribution in [0.5, 0.6) is 0 Å². The monoisotopic (exact) mass is 269 g/mol. The zero-order valence-electron chi connectivity index (χ0n) is 10.2. The highest BCUT2D eigenvalue weighted by Crippen LogP contribution is 2.28. The molecule has 5 heteroatoms. The van der Waals surface area contributed by atoms with E-state index in [2.05, 4.69) is 20.5 Å². The average molecular weight is 269 g/mol. The lowest BCUT2D eigenvalue weighted by Gasteiger charge is -2.16. The predicted octanol–water partition coefficient (Wildman–Crippen LogP) is 1.25. The van der Waals surface area contributed by atoms with E-state index in [0.717, 1.165) is 16.4 Å². The van der Waals surface area contributed by atoms with Crippen LogP contribution in [0.1, 0.15) is 11.1 Å². The summed E-state index contributed by atoms with van der Waals surface area (Å²) in [6.07, 6.45) is 6.40. The molecule has 0 aliphatic rings. The highest BCUT2D eigenvalue weighted by atomic mass is 32.2. The van der Waals surface area contributed by atoms with Crippen LogP contribution in [-0.4, -0.2) is 21.2 Å². The molecule has 1 rings (SSSR count). The lowest BCUT2D eigenvalue weighted by molar-refractivity contribution is 0.601. The third-order valence-electron chi connectivity index (χ3n) is 2.51. The van der Waals surface area contributed by atoms with Crippen molar-refractivity contribution in [3.8, 4) is 12.3 Å². The summed E-state index contributed by atoms with van der Waals surface area (Å²) in [5.41, 5.74) is 2.22. The van der Waals surface area contributed by atoms with Gasteiger partial charge < -0.3 is 5.32 Å². The Morgan fingerprint density at radius 3 is 2.53 bits per heavy atom. The Hall–Kier alpha value is -1.04. The first-order chi connectivity index (χ1) is 7.79. The summed E-state index contributed by atoms with van der Waals surface area (Å²) in [6, 6.07) is 1.92. The van der Waals surface area contributed by atoms with Crippen molar-refractivity contribution in [2.75, 3.05) is 18.1 Å². The fourth-order valence-electron chi connectivity index (χ4n) is 1.73. The van der Waals surface area contributed by atoms with Gasteiger partial charge in [-0.3, -0.25) is 0 Å². The number of benzene rings is 1. The molecule has 17 heavy (non-hydrogen) atoms. The van der Waals surface area contributed by atoms with E-state index in [1.165, 1.54) is 6.26 Å². The van der Waals surface area contributed by atoms with Crippen LogP contribution in [0.4, 0.5) is 5.69 Å². The molecule has 1 aromatic carbocycles. The topological polar surface area (TPSA) is 46.2 Å². The van der Waals surface area contributed by atoms with Crippen LogP contribution in [0.25, 0.3) is 0 Å². The summed E-state index contributed by atoms with van der Waals surface area (Å²) in [6.45, 7) is 3.96. The standard InChI is InChI=1S/C12H16NO2PS/c1-5-6-13-11-8(2)7-10(16)9(3)12(11)17(4,14)15/h1,7,13H,6,16H2,2-4H3. The molecule has 0 aromatic heterocycles. The van der Waals surface area contributed by atoms with Crippen LogP contribution in [0.15, 0.2) is 11.0 Å². The molecule has 0 bridgehead atoms. The van der Waals surface area contributed by atoms with Gasteiger partial charge in [-0.2, -0.15) is 0 Å².